The van der Waals surface area contributed by atoms with Gasteiger partial charge in [-0.3, -0.25) is 4.79 Å². The van der Waals surface area contributed by atoms with Crippen LogP contribution in [0.15, 0.2) is 29.6 Å². The first kappa shape index (κ1) is 13.3. The molecule has 0 saturated heterocycles. The number of rotatable bonds is 2. The van der Waals surface area contributed by atoms with Gasteiger partial charge in [0.05, 0.1) is 17.0 Å². The van der Waals surface area contributed by atoms with Gasteiger partial charge in [-0.1, -0.05) is 17.9 Å². The molecule has 0 fully saturated rings. The van der Waals surface area contributed by atoms with Crippen LogP contribution in [0.2, 0.25) is 0 Å². The van der Waals surface area contributed by atoms with E-state index in [1.165, 1.54) is 11.3 Å². The Morgan fingerprint density at radius 3 is 3.11 bits per heavy atom. The molecule has 3 N–H and O–H groups in total. The van der Waals surface area contributed by atoms with Crippen molar-refractivity contribution in [1.82, 2.24) is 4.98 Å². The van der Waals surface area contributed by atoms with Gasteiger partial charge in [0.25, 0.3) is 5.91 Å². The Kier molecular flexibility index (Phi) is 4.29. The van der Waals surface area contributed by atoms with E-state index in [0.29, 0.717) is 17.9 Å². The summed E-state index contributed by atoms with van der Waals surface area (Å²) in [5.74, 6) is 6.02. The molecule has 0 aliphatic rings. The Labute approximate surface area is 115 Å². The maximum absolute atomic E-state index is 12.0. The van der Waals surface area contributed by atoms with E-state index in [-0.39, 0.29) is 5.91 Å². The molecule has 5 heteroatoms. The van der Waals surface area contributed by atoms with Gasteiger partial charge < -0.3 is 11.1 Å². The van der Waals surface area contributed by atoms with Crippen LogP contribution in [0.5, 0.6) is 0 Å². The molecule has 0 spiro atoms. The van der Waals surface area contributed by atoms with Crippen molar-refractivity contribution in [2.45, 2.75) is 6.92 Å². The van der Waals surface area contributed by atoms with Crippen molar-refractivity contribution in [3.8, 4) is 11.8 Å². The van der Waals surface area contributed by atoms with E-state index in [1.807, 2.05) is 19.1 Å². The predicted molar refractivity (Wildman–Crippen MR) is 77.2 cm³/mol. The normalized spacial score (nSPS) is 9.58. The number of pyridine rings is 1. The van der Waals surface area contributed by atoms with Gasteiger partial charge in [0, 0.05) is 11.1 Å². The highest BCUT2D eigenvalue weighted by atomic mass is 32.1. The zero-order valence-corrected chi connectivity index (χ0v) is 11.3. The molecule has 0 aliphatic carbocycles. The number of carbonyl (C=O) groups excluding carboxylic acids is 1. The van der Waals surface area contributed by atoms with Crippen LogP contribution < -0.4 is 11.1 Å². The van der Waals surface area contributed by atoms with Gasteiger partial charge in [-0.25, -0.2) is 4.98 Å². The van der Waals surface area contributed by atoms with Crippen LogP contribution in [0.1, 0.15) is 20.9 Å². The van der Waals surface area contributed by atoms with Gasteiger partial charge in [-0.2, -0.15) is 0 Å². The summed E-state index contributed by atoms with van der Waals surface area (Å²) in [5.41, 5.74) is 6.74. The lowest BCUT2D eigenvalue weighted by Gasteiger charge is -2.02. The van der Waals surface area contributed by atoms with Crippen molar-refractivity contribution >= 4 is 23.1 Å². The SMILES string of the molecule is Cc1cccc(NC(=O)c2csc(C#CCN)c2)n1. The third kappa shape index (κ3) is 3.65. The van der Waals surface area contributed by atoms with Gasteiger partial charge in [0.1, 0.15) is 5.82 Å². The topological polar surface area (TPSA) is 68.0 Å². The fourth-order valence-corrected chi connectivity index (χ4v) is 2.22. The van der Waals surface area contributed by atoms with E-state index in [2.05, 4.69) is 22.1 Å². The lowest BCUT2D eigenvalue weighted by molar-refractivity contribution is 0.102. The molecular formula is C14H13N3OS. The average Bonchev–Trinajstić information content (AvgIpc) is 2.85. The zero-order valence-electron chi connectivity index (χ0n) is 10.4. The molecule has 2 rings (SSSR count). The first-order valence-electron chi connectivity index (χ1n) is 5.71. The van der Waals surface area contributed by atoms with E-state index in [1.54, 1.807) is 17.5 Å². The van der Waals surface area contributed by atoms with Gasteiger partial charge in [0.15, 0.2) is 0 Å². The number of hydrogen-bond donors (Lipinski definition) is 2. The van der Waals surface area contributed by atoms with Crippen LogP contribution >= 0.6 is 11.3 Å². The van der Waals surface area contributed by atoms with Crippen molar-refractivity contribution in [3.63, 3.8) is 0 Å². The van der Waals surface area contributed by atoms with Gasteiger partial charge in [-0.15, -0.1) is 11.3 Å². The minimum Gasteiger partial charge on any atom is -0.320 e. The quantitative estimate of drug-likeness (QED) is 0.821. The van der Waals surface area contributed by atoms with E-state index in [0.717, 1.165) is 10.6 Å². The second kappa shape index (κ2) is 6.14. The Bertz CT molecular complexity index is 652. The van der Waals surface area contributed by atoms with Crippen molar-refractivity contribution < 1.29 is 4.79 Å². The molecular weight excluding hydrogens is 258 g/mol. The Morgan fingerprint density at radius 2 is 2.37 bits per heavy atom. The highest BCUT2D eigenvalue weighted by Gasteiger charge is 2.08. The number of nitrogens with zero attached hydrogens (tertiary/aromatic N) is 1. The lowest BCUT2D eigenvalue weighted by Crippen LogP contribution is -2.12. The number of anilines is 1. The molecule has 2 aromatic rings. The summed E-state index contributed by atoms with van der Waals surface area (Å²) in [6.07, 6.45) is 0. The third-order valence-corrected chi connectivity index (χ3v) is 3.15. The average molecular weight is 271 g/mol. The molecule has 0 aromatic carbocycles. The monoisotopic (exact) mass is 271 g/mol. The number of aromatic nitrogens is 1. The van der Waals surface area contributed by atoms with Gasteiger partial charge in [-0.05, 0) is 25.1 Å². The summed E-state index contributed by atoms with van der Waals surface area (Å²) in [6.45, 7) is 2.19. The van der Waals surface area contributed by atoms with Crippen molar-refractivity contribution in [1.29, 1.82) is 0 Å². The fourth-order valence-electron chi connectivity index (χ4n) is 1.46. The molecule has 0 saturated carbocycles. The summed E-state index contributed by atoms with van der Waals surface area (Å²) >= 11 is 1.42. The van der Waals surface area contributed by atoms with E-state index in [9.17, 15) is 4.79 Å². The number of amides is 1. The van der Waals surface area contributed by atoms with Crippen molar-refractivity contribution in [3.05, 3.63) is 45.8 Å². The molecule has 4 nitrogen and oxygen atoms in total. The second-order valence-corrected chi connectivity index (χ2v) is 4.74. The lowest BCUT2D eigenvalue weighted by atomic mass is 10.3. The Balaban J connectivity index is 2.10. The van der Waals surface area contributed by atoms with Gasteiger partial charge in [0.2, 0.25) is 0 Å². The molecule has 2 heterocycles. The summed E-state index contributed by atoms with van der Waals surface area (Å²) in [5, 5.41) is 4.52. The molecule has 19 heavy (non-hydrogen) atoms. The maximum atomic E-state index is 12.0. The molecule has 96 valence electrons. The van der Waals surface area contributed by atoms with E-state index in [4.69, 9.17) is 5.73 Å². The van der Waals surface area contributed by atoms with Crippen LogP contribution in [0, 0.1) is 18.8 Å². The minimum atomic E-state index is -0.185. The number of aryl methyl sites for hydroxylation is 1. The number of hydrogen-bond acceptors (Lipinski definition) is 4. The van der Waals surface area contributed by atoms with Crippen molar-refractivity contribution in [2.24, 2.45) is 5.73 Å². The van der Waals surface area contributed by atoms with Crippen LogP contribution in [0.4, 0.5) is 5.82 Å². The van der Waals surface area contributed by atoms with Gasteiger partial charge >= 0.3 is 0 Å². The fraction of sp³-hybridized carbons (Fsp3) is 0.143. The van der Waals surface area contributed by atoms with Crippen LogP contribution in [0.3, 0.4) is 0 Å². The molecule has 0 unspecified atom stereocenters. The first-order chi connectivity index (χ1) is 9.19. The Morgan fingerprint density at radius 1 is 1.53 bits per heavy atom. The summed E-state index contributed by atoms with van der Waals surface area (Å²) in [7, 11) is 0. The van der Waals surface area contributed by atoms with E-state index >= 15 is 0 Å². The maximum Gasteiger partial charge on any atom is 0.257 e. The number of thiophene rings is 1. The molecule has 2 aromatic heterocycles. The number of nitrogens with one attached hydrogen (secondary N) is 1. The molecule has 0 atom stereocenters. The Hall–Kier alpha value is -2.16. The smallest absolute Gasteiger partial charge is 0.257 e. The molecule has 0 radical (unpaired) electrons. The summed E-state index contributed by atoms with van der Waals surface area (Å²) < 4.78 is 0. The van der Waals surface area contributed by atoms with Crippen LogP contribution in [-0.4, -0.2) is 17.4 Å². The summed E-state index contributed by atoms with van der Waals surface area (Å²) in [4.78, 5) is 17.0. The molecule has 1 amide bonds. The third-order valence-electron chi connectivity index (χ3n) is 2.31. The number of carbonyl (C=O) groups is 1. The molecule has 0 aliphatic heterocycles. The van der Waals surface area contributed by atoms with E-state index < -0.39 is 0 Å². The predicted octanol–water partition coefficient (Wildman–Crippen LogP) is 2.01. The van der Waals surface area contributed by atoms with Crippen LogP contribution in [-0.2, 0) is 0 Å². The standard InChI is InChI=1S/C14H13N3OS/c1-10-4-2-6-13(16-10)17-14(18)11-8-12(19-9-11)5-3-7-15/h2,4,6,8-9H,7,15H2,1H3,(H,16,17,18). The summed E-state index contributed by atoms with van der Waals surface area (Å²) in [6, 6.07) is 7.23. The first-order valence-corrected chi connectivity index (χ1v) is 6.59. The van der Waals surface area contributed by atoms with Crippen molar-refractivity contribution in [2.75, 3.05) is 11.9 Å². The minimum absolute atomic E-state index is 0.185. The zero-order chi connectivity index (χ0) is 13.7. The number of nitrogens with two attached hydrogens (primary N) is 1. The highest BCUT2D eigenvalue weighted by molar-refractivity contribution is 7.10. The second-order valence-electron chi connectivity index (χ2n) is 3.82. The highest BCUT2D eigenvalue weighted by Crippen LogP contribution is 2.15. The largest absolute Gasteiger partial charge is 0.320 e. The van der Waals surface area contributed by atoms with Crippen LogP contribution in [0.25, 0.3) is 0 Å². The molecule has 0 bridgehead atoms.